The van der Waals surface area contributed by atoms with Crippen LogP contribution in [0, 0.1) is 5.92 Å². The maximum Gasteiger partial charge on any atom is 0.325 e. The van der Waals surface area contributed by atoms with E-state index in [1.165, 1.54) is 26.4 Å². The summed E-state index contributed by atoms with van der Waals surface area (Å²) in [4.78, 5) is 138. The summed E-state index contributed by atoms with van der Waals surface area (Å²) in [5, 5.41) is 44.3. The van der Waals surface area contributed by atoms with Gasteiger partial charge in [-0.3, -0.25) is 52.9 Å². The predicted molar refractivity (Wildman–Crippen MR) is 215 cm³/mol. The number of aliphatic hydroxyl groups excluding tert-OH is 1. The lowest BCUT2D eigenvalue weighted by Crippen LogP contribution is -2.60. The molecular weight excluding hydrogens is 824 g/mol. The highest BCUT2D eigenvalue weighted by atomic mass is 16.4. The molecule has 8 atom stereocenters. The summed E-state index contributed by atoms with van der Waals surface area (Å²) in [7, 11) is 0. The third-order valence-electron chi connectivity index (χ3n) is 8.59. The number of H-pyrrole nitrogens is 1. The first-order valence-electron chi connectivity index (χ1n) is 19.2. The van der Waals surface area contributed by atoms with Crippen molar-refractivity contribution in [2.75, 3.05) is 13.2 Å². The van der Waals surface area contributed by atoms with Crippen molar-refractivity contribution in [2.45, 2.75) is 115 Å². The van der Waals surface area contributed by atoms with Gasteiger partial charge in [0.15, 0.2) is 5.96 Å². The van der Waals surface area contributed by atoms with Gasteiger partial charge in [0.2, 0.25) is 47.3 Å². The average molecular weight is 883 g/mol. The summed E-state index contributed by atoms with van der Waals surface area (Å²) < 4.78 is 0. The number of aliphatic carboxylic acids is 2. The van der Waals surface area contributed by atoms with E-state index in [1.54, 1.807) is 13.8 Å². The molecule has 1 aromatic rings. The highest BCUT2D eigenvalue weighted by molar-refractivity contribution is 5.99. The lowest BCUT2D eigenvalue weighted by Gasteiger charge is -2.27. The van der Waals surface area contributed by atoms with E-state index in [2.05, 4.69) is 52.2 Å². The van der Waals surface area contributed by atoms with E-state index < -0.39 is 127 Å². The number of hydrogen-bond acceptors (Lipinski definition) is 14. The fourth-order valence-corrected chi connectivity index (χ4v) is 5.33. The van der Waals surface area contributed by atoms with Crippen molar-refractivity contribution in [3.63, 3.8) is 0 Å². The zero-order valence-corrected chi connectivity index (χ0v) is 34.6. The minimum absolute atomic E-state index is 0.0193. The number of nitrogens with one attached hydrogen (secondary N) is 8. The Morgan fingerprint density at radius 2 is 1.18 bits per heavy atom. The number of hydrogen-bond donors (Lipinski definition) is 15. The molecule has 0 saturated carbocycles. The van der Waals surface area contributed by atoms with E-state index in [-0.39, 0.29) is 49.8 Å². The standard InChI is InChI=1S/C35H58N14O13/c1-15(2)8-21(31(58)45-20(6-5-7-41-35(38)39)29(56)44-17(4)34(61)62)46-27(54)16(3)43-30(57)24(11-26(52)53)49-32(59)22(9-18-12-40-14-42-18)48-33(60)23(10-25(37)51)47-28(55)19(36)13-50/h12,14-17,19-24,50H,5-11,13,36H2,1-4H3,(H2,37,51)(H,40,42)(H,43,57)(H,44,56)(H,45,58)(H,46,54)(H,47,55)(H,48,60)(H,49,59)(H,52,53)(H,61,62)(H4,38,39,41)/t16-,17-,19-,20-,21-,22-,23-,24-/m0/s1. The summed E-state index contributed by atoms with van der Waals surface area (Å²) in [5.41, 5.74) is 21.7. The molecule has 346 valence electrons. The molecule has 62 heavy (non-hydrogen) atoms. The van der Waals surface area contributed by atoms with Gasteiger partial charge in [0, 0.05) is 24.9 Å². The van der Waals surface area contributed by atoms with Crippen LogP contribution >= 0.6 is 0 Å². The summed E-state index contributed by atoms with van der Waals surface area (Å²) in [6.07, 6.45) is 0.558. The van der Waals surface area contributed by atoms with Gasteiger partial charge in [0.25, 0.3) is 0 Å². The van der Waals surface area contributed by atoms with Crippen LogP contribution in [0.15, 0.2) is 17.5 Å². The average Bonchev–Trinajstić information content (AvgIpc) is 3.69. The molecular formula is C35H58N14O13. The van der Waals surface area contributed by atoms with Gasteiger partial charge in [0.1, 0.15) is 48.3 Å². The third-order valence-corrected chi connectivity index (χ3v) is 8.59. The van der Waals surface area contributed by atoms with Gasteiger partial charge in [-0.15, -0.1) is 0 Å². The van der Waals surface area contributed by atoms with Crippen LogP contribution in [0.25, 0.3) is 0 Å². The number of amides is 8. The summed E-state index contributed by atoms with van der Waals surface area (Å²) in [5.74, 6) is -11.5. The Kier molecular flexibility index (Phi) is 22.6. The molecule has 27 heteroatoms. The van der Waals surface area contributed by atoms with Crippen LogP contribution in [0.1, 0.15) is 65.5 Å². The van der Waals surface area contributed by atoms with E-state index in [1.807, 2.05) is 0 Å². The van der Waals surface area contributed by atoms with Crippen molar-refractivity contribution in [2.24, 2.45) is 33.8 Å². The van der Waals surface area contributed by atoms with Gasteiger partial charge in [-0.1, -0.05) is 13.8 Å². The molecule has 0 bridgehead atoms. The highest BCUT2D eigenvalue weighted by Gasteiger charge is 2.34. The minimum Gasteiger partial charge on any atom is -0.481 e. The van der Waals surface area contributed by atoms with Gasteiger partial charge in [-0.2, -0.15) is 0 Å². The van der Waals surface area contributed by atoms with Gasteiger partial charge in [-0.05, 0) is 39.0 Å². The van der Waals surface area contributed by atoms with Crippen molar-refractivity contribution in [1.82, 2.24) is 47.2 Å². The minimum atomic E-state index is -1.87. The van der Waals surface area contributed by atoms with Crippen molar-refractivity contribution in [1.29, 1.82) is 0 Å². The van der Waals surface area contributed by atoms with Crippen LogP contribution in [0.2, 0.25) is 0 Å². The molecule has 0 aliphatic heterocycles. The number of carbonyl (C=O) groups is 10. The van der Waals surface area contributed by atoms with Crippen molar-refractivity contribution in [3.05, 3.63) is 18.2 Å². The molecule has 0 aliphatic carbocycles. The molecule has 0 fully saturated rings. The number of guanidine groups is 1. The van der Waals surface area contributed by atoms with Crippen LogP contribution in [0.4, 0.5) is 0 Å². The van der Waals surface area contributed by atoms with Crippen LogP contribution in [0.5, 0.6) is 0 Å². The first-order valence-corrected chi connectivity index (χ1v) is 19.2. The molecule has 0 spiro atoms. The molecule has 0 radical (unpaired) electrons. The number of nitrogens with zero attached hydrogens (tertiary/aromatic N) is 2. The lowest BCUT2D eigenvalue weighted by atomic mass is 10.0. The number of carbonyl (C=O) groups excluding carboxylic acids is 8. The Hall–Kier alpha value is -6.90. The van der Waals surface area contributed by atoms with Gasteiger partial charge >= 0.3 is 11.9 Å². The SMILES string of the molecule is CC(C)C[C@H](NC(=O)[C@H](C)NC(=O)[C@H](CC(=O)O)NC(=O)[C@H](Cc1cnc[nH]1)NC(=O)[C@H](CC(N)=O)NC(=O)[C@@H](N)CO)C(=O)N[C@@H](CCCN=C(N)N)C(=O)N[C@@H](C)C(=O)O. The Bertz CT molecular complexity index is 1770. The zero-order valence-electron chi connectivity index (χ0n) is 34.6. The monoisotopic (exact) mass is 882 g/mol. The number of aliphatic imine (C=N–C) groups is 1. The van der Waals surface area contributed by atoms with Crippen LogP contribution < -0.4 is 60.2 Å². The number of rotatable bonds is 28. The predicted octanol–water partition coefficient (Wildman–Crippen LogP) is -6.76. The highest BCUT2D eigenvalue weighted by Crippen LogP contribution is 2.09. The van der Waals surface area contributed by atoms with E-state index in [0.29, 0.717) is 0 Å². The number of nitrogens with two attached hydrogens (primary N) is 4. The molecule has 0 unspecified atom stereocenters. The van der Waals surface area contributed by atoms with E-state index in [9.17, 15) is 63.3 Å². The molecule has 1 rings (SSSR count). The molecule has 0 saturated heterocycles. The zero-order chi connectivity index (χ0) is 47.3. The Labute approximate surface area is 355 Å². The van der Waals surface area contributed by atoms with Crippen LogP contribution in [-0.2, 0) is 54.4 Å². The third kappa shape index (κ3) is 19.9. The number of carboxylic acid groups (broad SMARTS) is 2. The molecule has 0 aliphatic rings. The summed E-state index contributed by atoms with van der Waals surface area (Å²) in [6.45, 7) is 5.12. The Balaban J connectivity index is 3.27. The number of aromatic nitrogens is 2. The first-order chi connectivity index (χ1) is 28.9. The van der Waals surface area contributed by atoms with Crippen LogP contribution in [0.3, 0.4) is 0 Å². The molecule has 8 amide bonds. The smallest absolute Gasteiger partial charge is 0.325 e. The first kappa shape index (κ1) is 53.1. The Morgan fingerprint density at radius 1 is 0.677 bits per heavy atom. The Morgan fingerprint density at radius 3 is 1.71 bits per heavy atom. The largest absolute Gasteiger partial charge is 0.481 e. The summed E-state index contributed by atoms with van der Waals surface area (Å²) in [6, 6.07) is -12.1. The molecule has 27 nitrogen and oxygen atoms in total. The molecule has 0 aromatic carbocycles. The fraction of sp³-hybridized carbons (Fsp3) is 0.600. The van der Waals surface area contributed by atoms with Crippen molar-refractivity contribution in [3.8, 4) is 0 Å². The van der Waals surface area contributed by atoms with E-state index in [0.717, 1.165) is 0 Å². The van der Waals surface area contributed by atoms with E-state index >= 15 is 0 Å². The number of primary amides is 1. The quantitative estimate of drug-likeness (QED) is 0.0211. The molecule has 1 aromatic heterocycles. The number of imidazole rings is 1. The second-order valence-electron chi connectivity index (χ2n) is 14.5. The molecule has 19 N–H and O–H groups in total. The lowest BCUT2D eigenvalue weighted by molar-refractivity contribution is -0.142. The second-order valence-corrected chi connectivity index (χ2v) is 14.5. The normalized spacial score (nSPS) is 14.8. The van der Waals surface area contributed by atoms with E-state index in [4.69, 9.17) is 22.9 Å². The van der Waals surface area contributed by atoms with Gasteiger partial charge in [-0.25, -0.2) is 4.98 Å². The van der Waals surface area contributed by atoms with Crippen molar-refractivity contribution >= 4 is 65.2 Å². The van der Waals surface area contributed by atoms with Crippen molar-refractivity contribution < 1.29 is 63.3 Å². The molecule has 1 heterocycles. The number of carboxylic acids is 2. The maximum atomic E-state index is 13.6. The number of aliphatic hydroxyl groups is 1. The second kappa shape index (κ2) is 26.3. The topological polar surface area (TPSA) is 461 Å². The fourth-order valence-electron chi connectivity index (χ4n) is 5.33. The van der Waals surface area contributed by atoms with Crippen LogP contribution in [-0.4, -0.2) is 152 Å². The van der Waals surface area contributed by atoms with Gasteiger partial charge in [0.05, 0.1) is 25.8 Å². The summed E-state index contributed by atoms with van der Waals surface area (Å²) >= 11 is 0. The number of aromatic amines is 1. The van der Waals surface area contributed by atoms with Gasteiger partial charge < -0.3 is 80.5 Å². The maximum absolute atomic E-state index is 13.6.